The quantitative estimate of drug-likeness (QED) is 0.717. The highest BCUT2D eigenvalue weighted by molar-refractivity contribution is 7.98. The van der Waals surface area contributed by atoms with Crippen molar-refractivity contribution in [3.8, 4) is 5.75 Å². The van der Waals surface area contributed by atoms with Gasteiger partial charge in [-0.1, -0.05) is 6.92 Å². The van der Waals surface area contributed by atoms with E-state index in [1.807, 2.05) is 0 Å². The van der Waals surface area contributed by atoms with Crippen molar-refractivity contribution < 1.29 is 9.53 Å². The first-order chi connectivity index (χ1) is 9.11. The molecule has 1 atom stereocenters. The van der Waals surface area contributed by atoms with Crippen LogP contribution in [0.3, 0.4) is 0 Å². The molecule has 0 aliphatic carbocycles. The average molecular weight is 282 g/mol. The molecular formula is C14H22N2O2S. The molecule has 0 bridgehead atoms. The first-order valence-corrected chi connectivity index (χ1v) is 7.75. The van der Waals surface area contributed by atoms with E-state index in [0.29, 0.717) is 24.6 Å². The molecule has 19 heavy (non-hydrogen) atoms. The number of benzene rings is 1. The molecule has 3 N–H and O–H groups in total. The summed E-state index contributed by atoms with van der Waals surface area (Å²) in [6.07, 6.45) is 2.44. The van der Waals surface area contributed by atoms with Gasteiger partial charge in [0.25, 0.3) is 0 Å². The molecule has 1 aromatic carbocycles. The monoisotopic (exact) mass is 282 g/mol. The van der Waals surface area contributed by atoms with Gasteiger partial charge in [-0.05, 0) is 42.2 Å². The zero-order valence-electron chi connectivity index (χ0n) is 11.5. The van der Waals surface area contributed by atoms with Gasteiger partial charge >= 0.3 is 0 Å². The number of carbonyl (C=O) groups is 1. The average Bonchev–Trinajstić information content (AvgIpc) is 2.39. The molecule has 1 rings (SSSR count). The fourth-order valence-electron chi connectivity index (χ4n) is 1.55. The Kier molecular flexibility index (Phi) is 7.18. The molecule has 0 saturated carbocycles. The molecule has 0 spiro atoms. The number of thioether (sulfide) groups is 1. The number of nitrogens with two attached hydrogens (primary N) is 1. The predicted molar refractivity (Wildman–Crippen MR) is 81.5 cm³/mol. The van der Waals surface area contributed by atoms with E-state index in [9.17, 15) is 4.79 Å². The number of nitrogen functional groups attached to an aromatic ring is 1. The van der Waals surface area contributed by atoms with E-state index >= 15 is 0 Å². The number of amides is 1. The Morgan fingerprint density at radius 3 is 2.74 bits per heavy atom. The number of hydrogen-bond acceptors (Lipinski definition) is 4. The van der Waals surface area contributed by atoms with Crippen LogP contribution < -0.4 is 15.8 Å². The minimum absolute atomic E-state index is 0.0309. The van der Waals surface area contributed by atoms with Crippen LogP contribution in [-0.4, -0.2) is 31.1 Å². The maximum atomic E-state index is 11.6. The van der Waals surface area contributed by atoms with Gasteiger partial charge in [0.05, 0.1) is 13.0 Å². The Hall–Kier alpha value is -1.36. The van der Waals surface area contributed by atoms with Gasteiger partial charge in [-0.2, -0.15) is 11.8 Å². The number of hydrogen-bond donors (Lipinski definition) is 2. The van der Waals surface area contributed by atoms with Gasteiger partial charge in [0, 0.05) is 12.2 Å². The molecule has 0 aromatic heterocycles. The van der Waals surface area contributed by atoms with Crippen molar-refractivity contribution in [1.82, 2.24) is 5.32 Å². The molecule has 106 valence electrons. The summed E-state index contributed by atoms with van der Waals surface area (Å²) in [4.78, 5) is 11.6. The van der Waals surface area contributed by atoms with Crippen molar-refractivity contribution in [3.05, 3.63) is 24.3 Å². The van der Waals surface area contributed by atoms with Crippen molar-refractivity contribution in [1.29, 1.82) is 0 Å². The maximum Gasteiger partial charge on any atom is 0.223 e. The Balaban J connectivity index is 2.15. The van der Waals surface area contributed by atoms with E-state index < -0.39 is 0 Å². The van der Waals surface area contributed by atoms with Gasteiger partial charge in [-0.15, -0.1) is 0 Å². The fraction of sp³-hybridized carbons (Fsp3) is 0.500. The number of anilines is 1. The highest BCUT2D eigenvalue weighted by Gasteiger charge is 2.05. The van der Waals surface area contributed by atoms with Gasteiger partial charge in [-0.3, -0.25) is 4.79 Å². The fourth-order valence-corrected chi connectivity index (χ4v) is 2.23. The van der Waals surface area contributed by atoms with Crippen LogP contribution in [0.5, 0.6) is 5.75 Å². The van der Waals surface area contributed by atoms with Crippen molar-refractivity contribution in [2.75, 3.05) is 30.9 Å². The molecule has 0 radical (unpaired) electrons. The summed E-state index contributed by atoms with van der Waals surface area (Å²) in [5.74, 6) is 2.32. The predicted octanol–water partition coefficient (Wildman–Crippen LogP) is 2.15. The third-order valence-electron chi connectivity index (χ3n) is 2.58. The van der Waals surface area contributed by atoms with E-state index in [2.05, 4.69) is 18.5 Å². The largest absolute Gasteiger partial charge is 0.493 e. The lowest BCUT2D eigenvalue weighted by molar-refractivity contribution is -0.121. The van der Waals surface area contributed by atoms with E-state index in [1.165, 1.54) is 0 Å². The highest BCUT2D eigenvalue weighted by Crippen LogP contribution is 2.13. The van der Waals surface area contributed by atoms with Gasteiger partial charge in [-0.25, -0.2) is 0 Å². The van der Waals surface area contributed by atoms with Gasteiger partial charge in [0.1, 0.15) is 5.75 Å². The van der Waals surface area contributed by atoms with Crippen LogP contribution in [0.2, 0.25) is 0 Å². The molecule has 4 nitrogen and oxygen atoms in total. The van der Waals surface area contributed by atoms with E-state index in [1.54, 1.807) is 36.0 Å². The first-order valence-electron chi connectivity index (χ1n) is 6.35. The topological polar surface area (TPSA) is 64.3 Å². The van der Waals surface area contributed by atoms with Crippen LogP contribution in [-0.2, 0) is 4.79 Å². The lowest BCUT2D eigenvalue weighted by atomic mass is 10.2. The van der Waals surface area contributed by atoms with Crippen LogP contribution in [0.4, 0.5) is 5.69 Å². The maximum absolute atomic E-state index is 11.6. The van der Waals surface area contributed by atoms with Crippen LogP contribution >= 0.6 is 11.8 Å². The summed E-state index contributed by atoms with van der Waals surface area (Å²) in [6, 6.07) is 7.15. The molecule has 0 heterocycles. The first kappa shape index (κ1) is 15.7. The van der Waals surface area contributed by atoms with Crippen molar-refractivity contribution in [2.24, 2.45) is 5.92 Å². The number of ether oxygens (including phenoxy) is 1. The third-order valence-corrected chi connectivity index (χ3v) is 3.48. The number of carbonyl (C=O) groups excluding carboxylic acids is 1. The second-order valence-electron chi connectivity index (χ2n) is 4.53. The highest BCUT2D eigenvalue weighted by atomic mass is 32.2. The Morgan fingerprint density at radius 2 is 2.11 bits per heavy atom. The van der Waals surface area contributed by atoms with Crippen LogP contribution in [0.25, 0.3) is 0 Å². The Labute approximate surface area is 119 Å². The van der Waals surface area contributed by atoms with Gasteiger partial charge in [0.15, 0.2) is 0 Å². The zero-order valence-corrected chi connectivity index (χ0v) is 12.3. The molecule has 1 aromatic rings. The van der Waals surface area contributed by atoms with E-state index in [4.69, 9.17) is 10.5 Å². The smallest absolute Gasteiger partial charge is 0.223 e. The van der Waals surface area contributed by atoms with E-state index in [-0.39, 0.29) is 5.91 Å². The normalized spacial score (nSPS) is 11.9. The second-order valence-corrected chi connectivity index (χ2v) is 5.44. The van der Waals surface area contributed by atoms with Crippen LogP contribution in [0, 0.1) is 5.92 Å². The molecule has 5 heteroatoms. The summed E-state index contributed by atoms with van der Waals surface area (Å²) in [5, 5.41) is 2.91. The molecule has 1 amide bonds. The second kappa shape index (κ2) is 8.69. The molecule has 0 aliphatic heterocycles. The summed E-state index contributed by atoms with van der Waals surface area (Å²) < 4.78 is 5.47. The van der Waals surface area contributed by atoms with Gasteiger partial charge < -0.3 is 15.8 Å². The summed E-state index contributed by atoms with van der Waals surface area (Å²) in [5.41, 5.74) is 6.28. The molecule has 0 saturated heterocycles. The van der Waals surface area contributed by atoms with Crippen molar-refractivity contribution in [2.45, 2.75) is 13.3 Å². The summed E-state index contributed by atoms with van der Waals surface area (Å²) in [7, 11) is 0. The van der Waals surface area contributed by atoms with Crippen molar-refractivity contribution >= 4 is 23.4 Å². The molecule has 0 fully saturated rings. The lowest BCUT2D eigenvalue weighted by Crippen LogP contribution is -2.30. The SMILES string of the molecule is CSCC(C)CNC(=O)CCOc1ccc(N)cc1. The van der Waals surface area contributed by atoms with Gasteiger partial charge in [0.2, 0.25) is 5.91 Å². The van der Waals surface area contributed by atoms with E-state index in [0.717, 1.165) is 18.0 Å². The Morgan fingerprint density at radius 1 is 1.42 bits per heavy atom. The number of rotatable bonds is 8. The lowest BCUT2D eigenvalue weighted by Gasteiger charge is -2.11. The van der Waals surface area contributed by atoms with Crippen LogP contribution in [0.1, 0.15) is 13.3 Å². The third kappa shape index (κ3) is 6.96. The minimum atomic E-state index is 0.0309. The molecular weight excluding hydrogens is 260 g/mol. The summed E-state index contributed by atoms with van der Waals surface area (Å²) >= 11 is 1.79. The number of nitrogens with one attached hydrogen (secondary N) is 1. The Bertz CT molecular complexity index is 382. The van der Waals surface area contributed by atoms with Crippen LogP contribution in [0.15, 0.2) is 24.3 Å². The summed E-state index contributed by atoms with van der Waals surface area (Å²) in [6.45, 7) is 3.23. The standard InChI is InChI=1S/C14H22N2O2S/c1-11(10-19-2)9-16-14(17)7-8-18-13-5-3-12(15)4-6-13/h3-6,11H,7-10,15H2,1-2H3,(H,16,17). The molecule has 1 unspecified atom stereocenters. The minimum Gasteiger partial charge on any atom is -0.493 e. The zero-order chi connectivity index (χ0) is 14.1. The van der Waals surface area contributed by atoms with Crippen molar-refractivity contribution in [3.63, 3.8) is 0 Å². The molecule has 0 aliphatic rings.